The van der Waals surface area contributed by atoms with Gasteiger partial charge in [0.1, 0.15) is 5.54 Å². The van der Waals surface area contributed by atoms with Crippen LogP contribution >= 0.6 is 0 Å². The number of carboxylic acids is 1. The second-order valence-corrected chi connectivity index (χ2v) is 4.56. The van der Waals surface area contributed by atoms with Crippen LogP contribution in [-0.2, 0) is 4.79 Å². The highest BCUT2D eigenvalue weighted by Gasteiger charge is 2.33. The van der Waals surface area contributed by atoms with Gasteiger partial charge in [0, 0.05) is 13.6 Å². The Bertz CT molecular complexity index is 470. The van der Waals surface area contributed by atoms with E-state index in [-0.39, 0.29) is 11.6 Å². The van der Waals surface area contributed by atoms with Crippen molar-refractivity contribution in [3.05, 3.63) is 17.8 Å². The number of nitrogens with zero attached hydrogens (tertiary/aromatic N) is 3. The maximum atomic E-state index is 11.5. The molecule has 0 spiro atoms. The van der Waals surface area contributed by atoms with Gasteiger partial charge in [0.15, 0.2) is 11.5 Å². The zero-order chi connectivity index (χ0) is 14.6. The molecule has 104 valence electrons. The molecule has 0 atom stereocenters. The van der Waals surface area contributed by atoms with Gasteiger partial charge in [-0.1, -0.05) is 0 Å². The molecule has 1 heterocycles. The Morgan fingerprint density at radius 2 is 2.00 bits per heavy atom. The molecule has 0 fully saturated rings. The zero-order valence-corrected chi connectivity index (χ0v) is 11.5. The third-order valence-electron chi connectivity index (χ3n) is 2.93. The molecule has 0 unspecified atom stereocenters. The number of amides is 1. The predicted octanol–water partition coefficient (Wildman–Crippen LogP) is 0.526. The number of rotatable bonds is 5. The van der Waals surface area contributed by atoms with Gasteiger partial charge in [0.2, 0.25) is 0 Å². The fraction of sp³-hybridized carbons (Fsp3) is 0.500. The molecule has 1 aromatic rings. The van der Waals surface area contributed by atoms with Gasteiger partial charge in [-0.3, -0.25) is 4.79 Å². The molecule has 0 aromatic carbocycles. The summed E-state index contributed by atoms with van der Waals surface area (Å²) in [5.41, 5.74) is -0.908. The first kappa shape index (κ1) is 14.9. The number of hydrogen-bond donors (Lipinski definition) is 2. The normalized spacial score (nSPS) is 10.9. The number of anilines is 1. The van der Waals surface area contributed by atoms with E-state index >= 15 is 0 Å². The van der Waals surface area contributed by atoms with E-state index < -0.39 is 11.5 Å². The van der Waals surface area contributed by atoms with Gasteiger partial charge in [-0.25, -0.2) is 4.79 Å². The topological polar surface area (TPSA) is 95.4 Å². The lowest BCUT2D eigenvalue weighted by atomic mass is 10.0. The Kier molecular flexibility index (Phi) is 4.42. The molecule has 0 aliphatic carbocycles. The van der Waals surface area contributed by atoms with Crippen LogP contribution < -0.4 is 10.2 Å². The van der Waals surface area contributed by atoms with Gasteiger partial charge in [0.05, 0.1) is 0 Å². The number of hydrogen-bond acceptors (Lipinski definition) is 5. The van der Waals surface area contributed by atoms with Crippen LogP contribution in [-0.4, -0.2) is 46.3 Å². The highest BCUT2D eigenvalue weighted by molar-refractivity contribution is 5.92. The van der Waals surface area contributed by atoms with Gasteiger partial charge in [-0.15, -0.1) is 10.2 Å². The Balaban J connectivity index is 2.93. The Morgan fingerprint density at radius 1 is 1.37 bits per heavy atom. The van der Waals surface area contributed by atoms with E-state index in [4.69, 9.17) is 5.11 Å². The predicted molar refractivity (Wildman–Crippen MR) is 70.2 cm³/mol. The summed E-state index contributed by atoms with van der Waals surface area (Å²) in [6, 6.07) is 3.09. The van der Waals surface area contributed by atoms with Gasteiger partial charge in [-0.05, 0) is 32.9 Å². The summed E-state index contributed by atoms with van der Waals surface area (Å²) in [6.45, 7) is 5.44. The van der Waals surface area contributed by atoms with E-state index in [2.05, 4.69) is 15.5 Å². The van der Waals surface area contributed by atoms with Gasteiger partial charge in [-0.2, -0.15) is 0 Å². The Labute approximate surface area is 111 Å². The van der Waals surface area contributed by atoms with Crippen LogP contribution in [0.4, 0.5) is 5.82 Å². The minimum atomic E-state index is -1.11. The number of nitrogens with one attached hydrogen (secondary N) is 1. The minimum absolute atomic E-state index is 0.201. The van der Waals surface area contributed by atoms with E-state index in [1.807, 2.05) is 6.92 Å². The SMILES string of the molecule is CCNC(=O)c1ccc(N(C)C(C)(C)C(=O)O)nn1. The number of aliphatic carboxylic acids is 1. The molecule has 2 N–H and O–H groups in total. The molecule has 19 heavy (non-hydrogen) atoms. The summed E-state index contributed by atoms with van der Waals surface area (Å²) in [5, 5.41) is 19.4. The van der Waals surface area contributed by atoms with Crippen molar-refractivity contribution in [3.8, 4) is 0 Å². The van der Waals surface area contributed by atoms with Crippen LogP contribution in [0.15, 0.2) is 12.1 Å². The first-order valence-corrected chi connectivity index (χ1v) is 5.89. The van der Waals surface area contributed by atoms with Crippen LogP contribution in [0.5, 0.6) is 0 Å². The van der Waals surface area contributed by atoms with Crippen LogP contribution in [0, 0.1) is 0 Å². The summed E-state index contributed by atoms with van der Waals surface area (Å²) in [7, 11) is 1.62. The second-order valence-electron chi connectivity index (χ2n) is 4.56. The number of carboxylic acid groups (broad SMARTS) is 1. The molecular formula is C12H18N4O3. The van der Waals surface area contributed by atoms with Gasteiger partial charge < -0.3 is 15.3 Å². The third-order valence-corrected chi connectivity index (χ3v) is 2.93. The maximum absolute atomic E-state index is 11.5. The van der Waals surface area contributed by atoms with Crippen molar-refractivity contribution in [1.82, 2.24) is 15.5 Å². The molecule has 7 nitrogen and oxygen atoms in total. The Morgan fingerprint density at radius 3 is 2.42 bits per heavy atom. The number of carbonyl (C=O) groups excluding carboxylic acids is 1. The van der Waals surface area contributed by atoms with E-state index in [9.17, 15) is 9.59 Å². The summed E-state index contributed by atoms with van der Waals surface area (Å²) >= 11 is 0. The molecule has 1 aromatic heterocycles. The summed E-state index contributed by atoms with van der Waals surface area (Å²) in [6.07, 6.45) is 0. The molecular weight excluding hydrogens is 248 g/mol. The smallest absolute Gasteiger partial charge is 0.328 e. The monoisotopic (exact) mass is 266 g/mol. The van der Waals surface area contributed by atoms with E-state index in [1.165, 1.54) is 11.0 Å². The largest absolute Gasteiger partial charge is 0.480 e. The fourth-order valence-corrected chi connectivity index (χ4v) is 1.31. The van der Waals surface area contributed by atoms with Gasteiger partial charge >= 0.3 is 5.97 Å². The first-order chi connectivity index (χ1) is 8.80. The highest BCUT2D eigenvalue weighted by Crippen LogP contribution is 2.19. The highest BCUT2D eigenvalue weighted by atomic mass is 16.4. The number of aromatic nitrogens is 2. The van der Waals surface area contributed by atoms with Crippen LogP contribution in [0.1, 0.15) is 31.3 Å². The lowest BCUT2D eigenvalue weighted by Gasteiger charge is -2.32. The second kappa shape index (κ2) is 5.64. The number of likely N-dealkylation sites (N-methyl/N-ethyl adjacent to an activating group) is 1. The van der Waals surface area contributed by atoms with Crippen LogP contribution in [0.2, 0.25) is 0 Å². The maximum Gasteiger partial charge on any atom is 0.328 e. The molecule has 0 aliphatic heterocycles. The first-order valence-electron chi connectivity index (χ1n) is 5.89. The van der Waals surface area contributed by atoms with Crippen molar-refractivity contribution in [2.75, 3.05) is 18.5 Å². The quantitative estimate of drug-likeness (QED) is 0.807. The van der Waals surface area contributed by atoms with Crippen molar-refractivity contribution in [1.29, 1.82) is 0 Å². The van der Waals surface area contributed by atoms with Gasteiger partial charge in [0.25, 0.3) is 5.91 Å². The molecule has 0 bridgehead atoms. The van der Waals surface area contributed by atoms with Crippen molar-refractivity contribution < 1.29 is 14.7 Å². The van der Waals surface area contributed by atoms with E-state index in [0.717, 1.165) is 0 Å². The lowest BCUT2D eigenvalue weighted by molar-refractivity contribution is -0.142. The molecule has 1 amide bonds. The molecule has 0 saturated carbocycles. The number of carbonyl (C=O) groups is 2. The lowest BCUT2D eigenvalue weighted by Crippen LogP contribution is -2.48. The van der Waals surface area contributed by atoms with Crippen LogP contribution in [0.25, 0.3) is 0 Å². The molecule has 7 heteroatoms. The average molecular weight is 266 g/mol. The van der Waals surface area contributed by atoms with Crippen molar-refractivity contribution in [2.24, 2.45) is 0 Å². The van der Waals surface area contributed by atoms with Crippen LogP contribution in [0.3, 0.4) is 0 Å². The summed E-state index contributed by atoms with van der Waals surface area (Å²) < 4.78 is 0. The van der Waals surface area contributed by atoms with Crippen molar-refractivity contribution in [2.45, 2.75) is 26.3 Å². The fourth-order valence-electron chi connectivity index (χ4n) is 1.31. The third kappa shape index (κ3) is 3.18. The van der Waals surface area contributed by atoms with E-state index in [1.54, 1.807) is 27.0 Å². The molecule has 0 radical (unpaired) electrons. The van der Waals surface area contributed by atoms with Crippen molar-refractivity contribution in [3.63, 3.8) is 0 Å². The van der Waals surface area contributed by atoms with E-state index in [0.29, 0.717) is 12.4 Å². The zero-order valence-electron chi connectivity index (χ0n) is 11.5. The minimum Gasteiger partial charge on any atom is -0.480 e. The summed E-state index contributed by atoms with van der Waals surface area (Å²) in [4.78, 5) is 24.1. The molecule has 1 rings (SSSR count). The standard InChI is InChI=1S/C12H18N4O3/c1-5-13-10(17)8-6-7-9(15-14-8)16(4)12(2,3)11(18)19/h6-7H,5H2,1-4H3,(H,13,17)(H,18,19). The molecule has 0 aliphatic rings. The molecule has 0 saturated heterocycles. The summed E-state index contributed by atoms with van der Waals surface area (Å²) in [5.74, 6) is -0.883. The van der Waals surface area contributed by atoms with Crippen molar-refractivity contribution >= 4 is 17.7 Å². The Hall–Kier alpha value is -2.18. The average Bonchev–Trinajstić information content (AvgIpc) is 2.38.